The zero-order valence-electron chi connectivity index (χ0n) is 15.8. The molecule has 1 heterocycles. The molecule has 146 valence electrons. The maximum absolute atomic E-state index is 13.2. The smallest absolute Gasteiger partial charge is 0.226 e. The number of oxime groups is 1. The Labute approximate surface area is 163 Å². The summed E-state index contributed by atoms with van der Waals surface area (Å²) in [7, 11) is 1.63. The van der Waals surface area contributed by atoms with Crippen LogP contribution < -0.4 is 4.74 Å². The Morgan fingerprint density at radius 2 is 1.89 bits per heavy atom. The maximum atomic E-state index is 13.2. The van der Waals surface area contributed by atoms with Crippen molar-refractivity contribution in [1.29, 1.82) is 0 Å². The van der Waals surface area contributed by atoms with E-state index in [9.17, 15) is 9.18 Å². The second-order valence-electron chi connectivity index (χ2n) is 7.32. The first-order chi connectivity index (χ1) is 13.6. The molecular weight excluding hydrogens is 359 g/mol. The van der Waals surface area contributed by atoms with Crippen LogP contribution in [0.2, 0.25) is 0 Å². The van der Waals surface area contributed by atoms with Crippen LogP contribution in [0.3, 0.4) is 0 Å². The Morgan fingerprint density at radius 3 is 2.54 bits per heavy atom. The molecule has 0 saturated heterocycles. The van der Waals surface area contributed by atoms with Crippen LogP contribution in [0, 0.1) is 11.7 Å². The molecule has 0 unspecified atom stereocenters. The largest absolute Gasteiger partial charge is 0.497 e. The Balaban J connectivity index is 1.41. The molecular formula is C22H23FN2O3. The van der Waals surface area contributed by atoms with E-state index in [1.54, 1.807) is 19.2 Å². The third-order valence-corrected chi connectivity index (χ3v) is 5.11. The van der Waals surface area contributed by atoms with Gasteiger partial charge >= 0.3 is 0 Å². The zero-order valence-corrected chi connectivity index (χ0v) is 15.8. The molecule has 1 amide bonds. The molecule has 1 atom stereocenters. The van der Waals surface area contributed by atoms with Crippen molar-refractivity contribution in [1.82, 2.24) is 4.90 Å². The van der Waals surface area contributed by atoms with Gasteiger partial charge in [-0.15, -0.1) is 0 Å². The molecule has 0 bridgehead atoms. The summed E-state index contributed by atoms with van der Waals surface area (Å²) in [6, 6.07) is 14.0. The summed E-state index contributed by atoms with van der Waals surface area (Å²) >= 11 is 0. The van der Waals surface area contributed by atoms with Crippen molar-refractivity contribution in [2.24, 2.45) is 11.1 Å². The second-order valence-corrected chi connectivity index (χ2v) is 7.32. The SMILES string of the molecule is COc1ccc(C2=NO[C@H](CN(Cc3ccc(F)cc3)C(=O)C3CC3)C2)cc1. The molecule has 6 heteroatoms. The van der Waals surface area contributed by atoms with Crippen molar-refractivity contribution in [3.63, 3.8) is 0 Å². The molecule has 5 nitrogen and oxygen atoms in total. The van der Waals surface area contributed by atoms with Crippen molar-refractivity contribution >= 4 is 11.6 Å². The molecule has 1 aliphatic heterocycles. The minimum atomic E-state index is -0.277. The first-order valence-electron chi connectivity index (χ1n) is 9.52. The van der Waals surface area contributed by atoms with Crippen molar-refractivity contribution in [2.45, 2.75) is 31.9 Å². The van der Waals surface area contributed by atoms with Crippen molar-refractivity contribution in [3.05, 3.63) is 65.5 Å². The Bertz CT molecular complexity index is 860. The summed E-state index contributed by atoms with van der Waals surface area (Å²) in [5.41, 5.74) is 2.76. The predicted molar refractivity (Wildman–Crippen MR) is 104 cm³/mol. The molecule has 2 aromatic rings. The number of halogens is 1. The number of ether oxygens (including phenoxy) is 1. The number of carbonyl (C=O) groups is 1. The van der Waals surface area contributed by atoms with E-state index in [2.05, 4.69) is 5.16 Å². The third kappa shape index (κ3) is 4.32. The number of rotatable bonds is 7. The summed E-state index contributed by atoms with van der Waals surface area (Å²) in [6.07, 6.45) is 2.35. The highest BCUT2D eigenvalue weighted by molar-refractivity contribution is 6.01. The molecule has 4 rings (SSSR count). The lowest BCUT2D eigenvalue weighted by Crippen LogP contribution is -2.38. The maximum Gasteiger partial charge on any atom is 0.226 e. The second kappa shape index (κ2) is 8.00. The highest BCUT2D eigenvalue weighted by Gasteiger charge is 2.35. The highest BCUT2D eigenvalue weighted by Crippen LogP contribution is 2.32. The number of methoxy groups -OCH3 is 1. The van der Waals surface area contributed by atoms with E-state index < -0.39 is 0 Å². The lowest BCUT2D eigenvalue weighted by molar-refractivity contribution is -0.135. The van der Waals surface area contributed by atoms with E-state index in [1.807, 2.05) is 29.2 Å². The molecule has 1 fully saturated rings. The fraction of sp³-hybridized carbons (Fsp3) is 0.364. The highest BCUT2D eigenvalue weighted by atomic mass is 19.1. The van der Waals surface area contributed by atoms with Crippen LogP contribution in [0.1, 0.15) is 30.4 Å². The van der Waals surface area contributed by atoms with Crippen LogP contribution in [-0.4, -0.2) is 36.3 Å². The summed E-state index contributed by atoms with van der Waals surface area (Å²) in [5, 5.41) is 4.22. The van der Waals surface area contributed by atoms with E-state index in [0.717, 1.165) is 35.4 Å². The van der Waals surface area contributed by atoms with Crippen molar-refractivity contribution in [2.75, 3.05) is 13.7 Å². The van der Waals surface area contributed by atoms with E-state index in [1.165, 1.54) is 12.1 Å². The third-order valence-electron chi connectivity index (χ3n) is 5.11. The van der Waals surface area contributed by atoms with Crippen LogP contribution in [0.5, 0.6) is 5.75 Å². The number of amides is 1. The van der Waals surface area contributed by atoms with Gasteiger partial charge in [0.2, 0.25) is 5.91 Å². The normalized spacial score (nSPS) is 18.4. The Kier molecular flexibility index (Phi) is 5.28. The standard InChI is InChI=1S/C22H23FN2O3/c1-27-19-10-6-16(7-11-19)21-12-20(28-24-21)14-25(22(26)17-4-5-17)13-15-2-8-18(23)9-3-15/h2-3,6-11,17,20H,4-5,12-14H2,1H3/t20-/m0/s1. The van der Waals surface area contributed by atoms with Gasteiger partial charge in [0.25, 0.3) is 0 Å². The van der Waals surface area contributed by atoms with Crippen LogP contribution in [0.25, 0.3) is 0 Å². The van der Waals surface area contributed by atoms with Crippen LogP contribution in [0.15, 0.2) is 53.7 Å². The van der Waals surface area contributed by atoms with E-state index in [4.69, 9.17) is 9.57 Å². The average Bonchev–Trinajstić information content (AvgIpc) is 3.47. The molecule has 0 spiro atoms. The topological polar surface area (TPSA) is 51.1 Å². The minimum absolute atomic E-state index is 0.115. The fourth-order valence-electron chi connectivity index (χ4n) is 3.36. The molecule has 1 aliphatic carbocycles. The number of benzene rings is 2. The molecule has 0 aromatic heterocycles. The molecule has 0 radical (unpaired) electrons. The van der Waals surface area contributed by atoms with Crippen LogP contribution in [0.4, 0.5) is 4.39 Å². The van der Waals surface area contributed by atoms with Gasteiger partial charge in [-0.3, -0.25) is 4.79 Å². The minimum Gasteiger partial charge on any atom is -0.497 e. The molecule has 0 N–H and O–H groups in total. The van der Waals surface area contributed by atoms with Gasteiger partial charge in [0.15, 0.2) is 6.10 Å². The zero-order chi connectivity index (χ0) is 19.5. The van der Waals surface area contributed by atoms with Crippen molar-refractivity contribution in [3.8, 4) is 5.75 Å². The molecule has 2 aliphatic rings. The number of nitrogens with zero attached hydrogens (tertiary/aromatic N) is 2. The Hall–Kier alpha value is -2.89. The average molecular weight is 382 g/mol. The number of hydrogen-bond acceptors (Lipinski definition) is 4. The molecule has 1 saturated carbocycles. The lowest BCUT2D eigenvalue weighted by atomic mass is 10.0. The summed E-state index contributed by atoms with van der Waals surface area (Å²) < 4.78 is 18.4. The summed E-state index contributed by atoms with van der Waals surface area (Å²) in [4.78, 5) is 20.2. The van der Waals surface area contributed by atoms with E-state index in [0.29, 0.717) is 19.5 Å². The van der Waals surface area contributed by atoms with Gasteiger partial charge in [-0.1, -0.05) is 17.3 Å². The van der Waals surface area contributed by atoms with Crippen LogP contribution in [-0.2, 0) is 16.2 Å². The van der Waals surface area contributed by atoms with Crippen LogP contribution >= 0.6 is 0 Å². The van der Waals surface area contributed by atoms with E-state index >= 15 is 0 Å². The first-order valence-corrected chi connectivity index (χ1v) is 9.52. The van der Waals surface area contributed by atoms with Crippen molar-refractivity contribution < 1.29 is 18.8 Å². The first kappa shape index (κ1) is 18.5. The quantitative estimate of drug-likeness (QED) is 0.733. The van der Waals surface area contributed by atoms with Gasteiger partial charge in [-0.05, 0) is 60.4 Å². The Morgan fingerprint density at radius 1 is 1.18 bits per heavy atom. The van der Waals surface area contributed by atoms with Gasteiger partial charge in [0.05, 0.1) is 19.4 Å². The lowest BCUT2D eigenvalue weighted by Gasteiger charge is -2.25. The van der Waals surface area contributed by atoms with Gasteiger partial charge in [-0.25, -0.2) is 4.39 Å². The van der Waals surface area contributed by atoms with Gasteiger partial charge < -0.3 is 14.5 Å². The van der Waals surface area contributed by atoms with Gasteiger partial charge in [0, 0.05) is 18.9 Å². The molecule has 28 heavy (non-hydrogen) atoms. The monoisotopic (exact) mass is 382 g/mol. The van der Waals surface area contributed by atoms with Gasteiger partial charge in [-0.2, -0.15) is 0 Å². The van der Waals surface area contributed by atoms with E-state index in [-0.39, 0.29) is 23.7 Å². The number of carbonyl (C=O) groups excluding carboxylic acids is 1. The molecule has 2 aromatic carbocycles. The fourth-order valence-corrected chi connectivity index (χ4v) is 3.36. The summed E-state index contributed by atoms with van der Waals surface area (Å²) in [6.45, 7) is 0.920. The number of hydrogen-bond donors (Lipinski definition) is 0. The predicted octanol–water partition coefficient (Wildman–Crippen LogP) is 3.77. The van der Waals surface area contributed by atoms with Gasteiger partial charge in [0.1, 0.15) is 11.6 Å². The summed E-state index contributed by atoms with van der Waals surface area (Å²) in [5.74, 6) is 0.774.